The standard InChI is InChI=1S/C21H15F2N3O3/c1-11-8-16-17(29-21(28)26(16)2)9-13(11)12-6-7-18(24-10-12)25-20(27)19-14(22)4-3-5-15(19)23/h3-10H,1-2H3,(H,24,25,27). The van der Waals surface area contributed by atoms with Crippen LogP contribution in [0.1, 0.15) is 15.9 Å². The van der Waals surface area contributed by atoms with Gasteiger partial charge in [0, 0.05) is 18.8 Å². The number of halogens is 2. The first-order chi connectivity index (χ1) is 13.8. The highest BCUT2D eigenvalue weighted by Crippen LogP contribution is 2.28. The Kier molecular flexibility index (Phi) is 4.46. The number of carbonyl (C=O) groups is 1. The van der Waals surface area contributed by atoms with Gasteiger partial charge in [0.2, 0.25) is 0 Å². The second-order valence-electron chi connectivity index (χ2n) is 6.54. The smallest absolute Gasteiger partial charge is 0.408 e. The SMILES string of the molecule is Cc1cc2c(cc1-c1ccc(NC(=O)c3c(F)cccc3F)nc1)oc(=O)n2C. The topological polar surface area (TPSA) is 77.1 Å². The third-order valence-electron chi connectivity index (χ3n) is 4.64. The molecule has 8 heteroatoms. The molecule has 2 aromatic heterocycles. The van der Waals surface area contributed by atoms with Gasteiger partial charge < -0.3 is 9.73 Å². The Bertz CT molecular complexity index is 1290. The molecule has 0 aliphatic carbocycles. The monoisotopic (exact) mass is 395 g/mol. The molecule has 0 saturated carbocycles. The zero-order valence-electron chi connectivity index (χ0n) is 15.5. The molecule has 29 heavy (non-hydrogen) atoms. The Morgan fingerprint density at radius 3 is 2.52 bits per heavy atom. The normalized spacial score (nSPS) is 11.0. The van der Waals surface area contributed by atoms with Crippen molar-refractivity contribution in [3.05, 3.63) is 82.0 Å². The van der Waals surface area contributed by atoms with Gasteiger partial charge in [-0.3, -0.25) is 9.36 Å². The Labute approximate surface area is 163 Å². The van der Waals surface area contributed by atoms with Crippen LogP contribution in [0.3, 0.4) is 0 Å². The first-order valence-electron chi connectivity index (χ1n) is 8.67. The number of pyridine rings is 1. The summed E-state index contributed by atoms with van der Waals surface area (Å²) in [6.45, 7) is 1.89. The Morgan fingerprint density at radius 2 is 1.86 bits per heavy atom. The Balaban J connectivity index is 1.63. The highest BCUT2D eigenvalue weighted by Gasteiger charge is 2.17. The molecule has 1 amide bonds. The van der Waals surface area contributed by atoms with Crippen molar-refractivity contribution in [2.75, 3.05) is 5.32 Å². The third kappa shape index (κ3) is 3.29. The minimum atomic E-state index is -0.951. The second-order valence-corrected chi connectivity index (χ2v) is 6.54. The number of nitrogens with zero attached hydrogens (tertiary/aromatic N) is 2. The molecule has 4 rings (SSSR count). The largest absolute Gasteiger partial charge is 0.419 e. The van der Waals surface area contributed by atoms with Gasteiger partial charge in [-0.25, -0.2) is 18.6 Å². The van der Waals surface area contributed by atoms with Gasteiger partial charge in [0.1, 0.15) is 23.0 Å². The summed E-state index contributed by atoms with van der Waals surface area (Å²) in [7, 11) is 1.63. The summed E-state index contributed by atoms with van der Waals surface area (Å²) in [6, 6.07) is 10.0. The maximum absolute atomic E-state index is 13.7. The highest BCUT2D eigenvalue weighted by atomic mass is 19.1. The van der Waals surface area contributed by atoms with E-state index >= 15 is 0 Å². The lowest BCUT2D eigenvalue weighted by atomic mass is 10.0. The van der Waals surface area contributed by atoms with Gasteiger partial charge in [0.05, 0.1) is 5.52 Å². The van der Waals surface area contributed by atoms with Crippen molar-refractivity contribution in [2.45, 2.75) is 6.92 Å². The molecule has 4 aromatic rings. The molecule has 0 bridgehead atoms. The molecule has 0 spiro atoms. The molecular weight excluding hydrogens is 380 g/mol. The highest BCUT2D eigenvalue weighted by molar-refractivity contribution is 6.04. The van der Waals surface area contributed by atoms with Gasteiger partial charge in [-0.05, 0) is 54.4 Å². The molecule has 0 aliphatic heterocycles. The molecule has 0 saturated heterocycles. The van der Waals surface area contributed by atoms with Gasteiger partial charge in [-0.2, -0.15) is 0 Å². The van der Waals surface area contributed by atoms with Gasteiger partial charge in [-0.1, -0.05) is 6.07 Å². The van der Waals surface area contributed by atoms with Crippen LogP contribution in [0.15, 0.2) is 57.9 Å². The lowest BCUT2D eigenvalue weighted by molar-refractivity contribution is 0.101. The van der Waals surface area contributed by atoms with Crippen LogP contribution in [-0.4, -0.2) is 15.5 Å². The predicted molar refractivity (Wildman–Crippen MR) is 104 cm³/mol. The van der Waals surface area contributed by atoms with Gasteiger partial charge in [0.25, 0.3) is 5.91 Å². The molecule has 1 N–H and O–H groups in total. The van der Waals surface area contributed by atoms with Crippen LogP contribution in [0.5, 0.6) is 0 Å². The fourth-order valence-corrected chi connectivity index (χ4v) is 3.11. The van der Waals surface area contributed by atoms with Crippen molar-refractivity contribution in [3.8, 4) is 11.1 Å². The van der Waals surface area contributed by atoms with Crippen LogP contribution in [0.2, 0.25) is 0 Å². The van der Waals surface area contributed by atoms with Crippen molar-refractivity contribution < 1.29 is 18.0 Å². The van der Waals surface area contributed by atoms with Gasteiger partial charge >= 0.3 is 5.76 Å². The minimum Gasteiger partial charge on any atom is -0.408 e. The van der Waals surface area contributed by atoms with Crippen LogP contribution in [0.4, 0.5) is 14.6 Å². The number of aromatic nitrogens is 2. The molecule has 0 atom stereocenters. The number of carbonyl (C=O) groups excluding carboxylic acids is 1. The molecule has 6 nitrogen and oxygen atoms in total. The summed E-state index contributed by atoms with van der Waals surface area (Å²) in [6.07, 6.45) is 1.52. The fraction of sp³-hybridized carbons (Fsp3) is 0.0952. The summed E-state index contributed by atoms with van der Waals surface area (Å²) in [5, 5.41) is 2.38. The van der Waals surface area contributed by atoms with Crippen molar-refractivity contribution in [1.82, 2.24) is 9.55 Å². The molecule has 0 fully saturated rings. The van der Waals surface area contributed by atoms with Crippen molar-refractivity contribution >= 4 is 22.8 Å². The van der Waals surface area contributed by atoms with E-state index in [2.05, 4.69) is 10.3 Å². The fourth-order valence-electron chi connectivity index (χ4n) is 3.11. The van der Waals surface area contributed by atoms with E-state index in [0.29, 0.717) is 11.1 Å². The minimum absolute atomic E-state index is 0.145. The average molecular weight is 395 g/mol. The summed E-state index contributed by atoms with van der Waals surface area (Å²) in [4.78, 5) is 28.0. The second kappa shape index (κ2) is 6.97. The first kappa shape index (κ1) is 18.5. The molecule has 0 radical (unpaired) electrons. The maximum Gasteiger partial charge on any atom is 0.419 e. The molecular formula is C21H15F2N3O3. The average Bonchev–Trinajstić information content (AvgIpc) is 2.95. The van der Waals surface area contributed by atoms with Crippen LogP contribution in [-0.2, 0) is 7.05 Å². The van der Waals surface area contributed by atoms with E-state index in [4.69, 9.17) is 4.42 Å². The maximum atomic E-state index is 13.7. The molecule has 0 unspecified atom stereocenters. The number of nitrogens with one attached hydrogen (secondary N) is 1. The number of rotatable bonds is 3. The van der Waals surface area contributed by atoms with Crippen molar-refractivity contribution in [2.24, 2.45) is 7.05 Å². The van der Waals surface area contributed by atoms with E-state index < -0.39 is 28.9 Å². The lowest BCUT2D eigenvalue weighted by Gasteiger charge is -2.09. The Hall–Kier alpha value is -3.81. The first-order valence-corrected chi connectivity index (χ1v) is 8.67. The van der Waals surface area contributed by atoms with E-state index in [0.717, 1.165) is 28.8 Å². The zero-order chi connectivity index (χ0) is 20.7. The quantitative estimate of drug-likeness (QED) is 0.568. The number of fused-ring (bicyclic) bond motifs is 1. The van der Waals surface area contributed by atoms with E-state index in [9.17, 15) is 18.4 Å². The van der Waals surface area contributed by atoms with Gasteiger partial charge in [0.15, 0.2) is 5.58 Å². The van der Waals surface area contributed by atoms with E-state index in [1.165, 1.54) is 22.9 Å². The van der Waals surface area contributed by atoms with Crippen molar-refractivity contribution in [3.63, 3.8) is 0 Å². The number of aryl methyl sites for hydroxylation is 2. The third-order valence-corrected chi connectivity index (χ3v) is 4.64. The molecule has 146 valence electrons. The number of oxazole rings is 1. The van der Waals surface area contributed by atoms with E-state index in [-0.39, 0.29) is 5.82 Å². The number of benzene rings is 2. The summed E-state index contributed by atoms with van der Waals surface area (Å²) in [5.41, 5.74) is 2.90. The van der Waals surface area contributed by atoms with Gasteiger partial charge in [-0.15, -0.1) is 0 Å². The van der Waals surface area contributed by atoms with Crippen LogP contribution >= 0.6 is 0 Å². The van der Waals surface area contributed by atoms with Crippen molar-refractivity contribution in [1.29, 1.82) is 0 Å². The number of hydrogen-bond donors (Lipinski definition) is 1. The van der Waals surface area contributed by atoms with Crippen LogP contribution < -0.4 is 11.1 Å². The molecule has 0 aliphatic rings. The van der Waals surface area contributed by atoms with Crippen LogP contribution in [0, 0.1) is 18.6 Å². The summed E-state index contributed by atoms with van der Waals surface area (Å²) < 4.78 is 34.1. The summed E-state index contributed by atoms with van der Waals surface area (Å²) >= 11 is 0. The number of anilines is 1. The number of hydrogen-bond acceptors (Lipinski definition) is 4. The summed E-state index contributed by atoms with van der Waals surface area (Å²) in [5.74, 6) is -3.14. The van der Waals surface area contributed by atoms with Crippen LogP contribution in [0.25, 0.3) is 22.2 Å². The lowest BCUT2D eigenvalue weighted by Crippen LogP contribution is -2.16. The van der Waals surface area contributed by atoms with E-state index in [1.807, 2.05) is 13.0 Å². The van der Waals surface area contributed by atoms with E-state index in [1.54, 1.807) is 19.2 Å². The molecule has 2 heterocycles. The Morgan fingerprint density at radius 1 is 1.14 bits per heavy atom. The predicted octanol–water partition coefficient (Wildman–Crippen LogP) is 4.03. The number of amides is 1. The zero-order valence-corrected chi connectivity index (χ0v) is 15.5. The molecule has 2 aromatic carbocycles.